The number of fused-ring (bicyclic) bond motifs is 11. The Morgan fingerprint density at radius 2 is 0.887 bits per heavy atom. The van der Waals surface area contributed by atoms with Crippen LogP contribution in [0, 0.1) is 0 Å². The normalized spacial score (nSPS) is 13.9. The van der Waals surface area contributed by atoms with E-state index in [0.29, 0.717) is 0 Å². The minimum Gasteiger partial charge on any atom is -0.454 e. The first-order chi connectivity index (χ1) is 37.8. The van der Waals surface area contributed by atoms with E-state index in [0.717, 1.165) is 56.1 Å². The summed E-state index contributed by atoms with van der Waals surface area (Å²) in [5.41, 5.74) is 22.5. The highest BCUT2D eigenvalue weighted by Gasteiger charge is 2.47. The molecule has 9 aromatic carbocycles. The number of hydrogen-bond donors (Lipinski definition) is 0. The zero-order chi connectivity index (χ0) is 56.2. The maximum atomic E-state index is 7.23. The molecule has 0 fully saturated rings. The first-order valence-electron chi connectivity index (χ1n) is 28.8. The van der Waals surface area contributed by atoms with Crippen LogP contribution >= 0.6 is 11.3 Å². The van der Waals surface area contributed by atoms with Gasteiger partial charge in [0.1, 0.15) is 5.58 Å². The largest absolute Gasteiger partial charge is 0.454 e. The summed E-state index contributed by atoms with van der Waals surface area (Å²) in [6.45, 7) is 34.4. The lowest BCUT2D eigenvalue weighted by Gasteiger charge is -2.46. The van der Waals surface area contributed by atoms with Crippen molar-refractivity contribution < 1.29 is 4.42 Å². The predicted octanol–water partition coefficient (Wildman–Crippen LogP) is 20.6. The molecule has 2 aliphatic heterocycles. The standard InChI is InChI=1S/C74H74BN3OS/c1-70(2,3)45-20-29-50(30-21-45)76(51-31-22-46(23-32-51)71(4,5)6)54-37-39-65-57(41-54)58-42-56-59-43-60-55-18-16-17-19-64(55)79-69(60)68-67(59)75(78(63(56)44-66(58)80-65)53-35-26-48(27-36-53)73(10,11)12)61-40-49(74(13,14)15)28-38-62(61)77(68)52-33-24-47(25-34-52)72(7,8)9/h16-44H,1-15H3. The lowest BCUT2D eigenvalue weighted by molar-refractivity contribution is 0.590. The fraction of sp³-hybridized carbons (Fsp3) is 0.270. The molecule has 0 spiro atoms. The molecule has 400 valence electrons. The Labute approximate surface area is 478 Å². The monoisotopic (exact) mass is 1060 g/mol. The van der Waals surface area contributed by atoms with Crippen LogP contribution in [-0.2, 0) is 27.1 Å². The Bertz CT molecular complexity index is 4180. The van der Waals surface area contributed by atoms with Crippen LogP contribution in [-0.4, -0.2) is 6.85 Å². The summed E-state index contributed by atoms with van der Waals surface area (Å²) >= 11 is 1.90. The Morgan fingerprint density at radius 3 is 1.45 bits per heavy atom. The molecular formula is C74H74BN3OS. The van der Waals surface area contributed by atoms with Gasteiger partial charge < -0.3 is 19.0 Å². The van der Waals surface area contributed by atoms with Gasteiger partial charge in [0.2, 0.25) is 0 Å². The summed E-state index contributed by atoms with van der Waals surface area (Å²) in [6.07, 6.45) is 0. The molecule has 13 rings (SSSR count). The summed E-state index contributed by atoms with van der Waals surface area (Å²) in [6, 6.07) is 67.7. The van der Waals surface area contributed by atoms with Crippen LogP contribution in [0.4, 0.5) is 45.5 Å². The number of anilines is 8. The molecule has 80 heavy (non-hydrogen) atoms. The summed E-state index contributed by atoms with van der Waals surface area (Å²) < 4.78 is 9.76. The number of rotatable bonds is 5. The lowest BCUT2D eigenvalue weighted by atomic mass is 9.43. The van der Waals surface area contributed by atoms with E-state index < -0.39 is 0 Å². The van der Waals surface area contributed by atoms with E-state index in [4.69, 9.17) is 4.42 Å². The van der Waals surface area contributed by atoms with Crippen LogP contribution < -0.4 is 25.5 Å². The summed E-state index contributed by atoms with van der Waals surface area (Å²) in [5.74, 6) is 0. The maximum Gasteiger partial charge on any atom is 0.333 e. The zero-order valence-electron chi connectivity index (χ0n) is 49.5. The summed E-state index contributed by atoms with van der Waals surface area (Å²) in [5, 5.41) is 4.75. The molecule has 0 aliphatic carbocycles. The molecule has 0 saturated carbocycles. The van der Waals surface area contributed by atoms with Gasteiger partial charge in [-0.25, -0.2) is 0 Å². The van der Waals surface area contributed by atoms with Gasteiger partial charge in [0.15, 0.2) is 5.58 Å². The van der Waals surface area contributed by atoms with E-state index in [2.05, 4.69) is 294 Å². The van der Waals surface area contributed by atoms with Crippen molar-refractivity contribution in [1.29, 1.82) is 0 Å². The van der Waals surface area contributed by atoms with Gasteiger partial charge in [0, 0.05) is 76.3 Å². The molecule has 4 heterocycles. The van der Waals surface area contributed by atoms with Crippen molar-refractivity contribution >= 4 is 117 Å². The summed E-state index contributed by atoms with van der Waals surface area (Å²) in [7, 11) is 0. The highest BCUT2D eigenvalue weighted by Crippen LogP contribution is 2.53. The SMILES string of the molecule is CC(C)(C)c1ccc(N2B3c4cc(C(C)(C)C)ccc4N(c4ccc(C(C)(C)C)cc4)c4c3c(cc3c4oc4ccccc43)-c3cc4c(cc32)sc2ccc(N(c3ccc(C(C)(C)C)cc3)c3ccc(C(C)(C)C)cc3)cc24)cc1. The highest BCUT2D eigenvalue weighted by atomic mass is 32.1. The second kappa shape index (κ2) is 18.0. The van der Waals surface area contributed by atoms with Gasteiger partial charge in [-0.05, 0) is 168 Å². The topological polar surface area (TPSA) is 22.9 Å². The van der Waals surface area contributed by atoms with Gasteiger partial charge >= 0.3 is 6.85 Å². The molecule has 0 N–H and O–H groups in total. The third-order valence-corrected chi connectivity index (χ3v) is 18.4. The van der Waals surface area contributed by atoms with E-state index in [-0.39, 0.29) is 33.9 Å². The van der Waals surface area contributed by atoms with Crippen molar-refractivity contribution in [1.82, 2.24) is 0 Å². The minimum absolute atomic E-state index is 0.00131. The average molecular weight is 1060 g/mol. The van der Waals surface area contributed by atoms with Crippen molar-refractivity contribution in [3.8, 4) is 11.1 Å². The van der Waals surface area contributed by atoms with Crippen LogP contribution in [0.5, 0.6) is 0 Å². The first kappa shape index (κ1) is 51.9. The number of furan rings is 1. The highest BCUT2D eigenvalue weighted by molar-refractivity contribution is 7.25. The smallest absolute Gasteiger partial charge is 0.333 e. The number of nitrogens with zero attached hydrogens (tertiary/aromatic N) is 3. The molecule has 0 saturated heterocycles. The lowest BCUT2D eigenvalue weighted by Crippen LogP contribution is -2.61. The van der Waals surface area contributed by atoms with Gasteiger partial charge in [-0.15, -0.1) is 11.3 Å². The van der Waals surface area contributed by atoms with Gasteiger partial charge in [-0.1, -0.05) is 183 Å². The predicted molar refractivity (Wildman–Crippen MR) is 349 cm³/mol. The van der Waals surface area contributed by atoms with Crippen molar-refractivity contribution in [3.63, 3.8) is 0 Å². The van der Waals surface area contributed by atoms with Crippen molar-refractivity contribution in [2.45, 2.75) is 131 Å². The molecule has 0 radical (unpaired) electrons. The Balaban J connectivity index is 1.11. The molecule has 4 nitrogen and oxygen atoms in total. The van der Waals surface area contributed by atoms with E-state index >= 15 is 0 Å². The zero-order valence-corrected chi connectivity index (χ0v) is 50.3. The maximum absolute atomic E-state index is 7.23. The number of para-hydroxylation sites is 1. The van der Waals surface area contributed by atoms with E-state index in [9.17, 15) is 0 Å². The average Bonchev–Trinajstić information content (AvgIpc) is 1.70. The van der Waals surface area contributed by atoms with Gasteiger partial charge in [0.05, 0.1) is 5.69 Å². The molecule has 6 heteroatoms. The molecule has 0 unspecified atom stereocenters. The third-order valence-electron chi connectivity index (χ3n) is 17.2. The van der Waals surface area contributed by atoms with Gasteiger partial charge in [-0.3, -0.25) is 0 Å². The molecular weight excluding hydrogens is 990 g/mol. The fourth-order valence-electron chi connectivity index (χ4n) is 12.5. The quantitative estimate of drug-likeness (QED) is 0.160. The molecule has 2 aliphatic rings. The van der Waals surface area contributed by atoms with Gasteiger partial charge in [0.25, 0.3) is 0 Å². The first-order valence-corrected chi connectivity index (χ1v) is 29.6. The fourth-order valence-corrected chi connectivity index (χ4v) is 13.6. The van der Waals surface area contributed by atoms with Crippen molar-refractivity contribution in [3.05, 3.63) is 204 Å². The van der Waals surface area contributed by atoms with Crippen LogP contribution in [0.15, 0.2) is 180 Å². The number of hydrogen-bond acceptors (Lipinski definition) is 5. The Kier molecular flexibility index (Phi) is 11.7. The van der Waals surface area contributed by atoms with Crippen LogP contribution in [0.1, 0.15) is 132 Å². The Hall–Kier alpha value is -7.54. The second-order valence-electron chi connectivity index (χ2n) is 28.0. The van der Waals surface area contributed by atoms with Crippen LogP contribution in [0.25, 0.3) is 53.2 Å². The van der Waals surface area contributed by atoms with Crippen LogP contribution in [0.3, 0.4) is 0 Å². The third kappa shape index (κ3) is 8.55. The van der Waals surface area contributed by atoms with E-state index in [1.807, 2.05) is 11.3 Å². The molecule has 11 aromatic rings. The van der Waals surface area contributed by atoms with Crippen LogP contribution in [0.2, 0.25) is 0 Å². The van der Waals surface area contributed by atoms with E-state index in [1.54, 1.807) is 0 Å². The van der Waals surface area contributed by atoms with Crippen molar-refractivity contribution in [2.24, 2.45) is 0 Å². The van der Waals surface area contributed by atoms with Gasteiger partial charge in [-0.2, -0.15) is 0 Å². The molecule has 0 atom stereocenters. The molecule has 2 aromatic heterocycles. The molecule has 0 bridgehead atoms. The van der Waals surface area contributed by atoms with Crippen molar-refractivity contribution in [2.75, 3.05) is 14.6 Å². The van der Waals surface area contributed by atoms with E-state index in [1.165, 1.54) is 81.4 Å². The number of benzene rings is 9. The molecule has 0 amide bonds. The number of thiophene rings is 1. The second-order valence-corrected chi connectivity index (χ2v) is 29.0. The minimum atomic E-state index is -0.186. The summed E-state index contributed by atoms with van der Waals surface area (Å²) in [4.78, 5) is 7.64. The Morgan fingerprint density at radius 1 is 0.400 bits per heavy atom.